The lowest BCUT2D eigenvalue weighted by Crippen LogP contribution is -2.58. The molecular weight excluding hydrogens is 416 g/mol. The number of aromatic nitrogens is 3. The number of benzene rings is 1. The number of para-hydroxylation sites is 1. The molecule has 2 aliphatic heterocycles. The van der Waals surface area contributed by atoms with E-state index in [9.17, 15) is 9.59 Å². The van der Waals surface area contributed by atoms with Crippen molar-refractivity contribution in [3.05, 3.63) is 66.5 Å². The highest BCUT2D eigenvalue weighted by Crippen LogP contribution is 2.47. The predicted octanol–water partition coefficient (Wildman–Crippen LogP) is 1.21. The van der Waals surface area contributed by atoms with Gasteiger partial charge in [-0.1, -0.05) is 29.5 Å². The zero-order chi connectivity index (χ0) is 22.1. The Bertz CT molecular complexity index is 1420. The van der Waals surface area contributed by atoms with Crippen molar-refractivity contribution < 1.29 is 14.3 Å². The second-order valence-corrected chi connectivity index (χ2v) is 9.04. The first kappa shape index (κ1) is 19.7. The summed E-state index contributed by atoms with van der Waals surface area (Å²) in [7, 11) is 3.22. The number of ether oxygens (including phenoxy) is 2. The molecule has 3 aromatic rings. The maximum absolute atomic E-state index is 13.6. The van der Waals surface area contributed by atoms with E-state index in [2.05, 4.69) is 5.10 Å². The highest BCUT2D eigenvalue weighted by Gasteiger charge is 2.55. The molecule has 0 radical (unpaired) electrons. The Hall–Kier alpha value is -3.20. The summed E-state index contributed by atoms with van der Waals surface area (Å²) in [5, 5.41) is 4.44. The number of fused-ring (bicyclic) bond motifs is 6. The summed E-state index contributed by atoms with van der Waals surface area (Å²) in [5.74, 6) is -0.618. The van der Waals surface area contributed by atoms with E-state index >= 15 is 0 Å². The predicted molar refractivity (Wildman–Crippen MR) is 115 cm³/mol. The molecule has 0 amide bonds. The van der Waals surface area contributed by atoms with Crippen molar-refractivity contribution >= 4 is 23.4 Å². The first-order valence-electron chi connectivity index (χ1n) is 9.94. The molecule has 1 aromatic carbocycles. The normalized spacial score (nSPS) is 24.1. The lowest BCUT2D eigenvalue weighted by molar-refractivity contribution is -0.158. The molecule has 2 bridgehead atoms. The number of methoxy groups -OCH3 is 1. The molecular formula is C22H22N4O4S. The fraction of sp³-hybridized carbons (Fsp3) is 0.364. The highest BCUT2D eigenvalue weighted by atomic mass is 32.1. The molecule has 0 N–H and O–H groups in total. The fourth-order valence-corrected chi connectivity index (χ4v) is 5.64. The molecule has 31 heavy (non-hydrogen) atoms. The number of rotatable bonds is 2. The van der Waals surface area contributed by atoms with Crippen molar-refractivity contribution in [3.8, 4) is 5.75 Å². The molecule has 0 saturated heterocycles. The van der Waals surface area contributed by atoms with Gasteiger partial charge in [0.25, 0.3) is 5.56 Å². The van der Waals surface area contributed by atoms with Gasteiger partial charge >= 0.3 is 5.97 Å². The number of nitrogens with zero attached hydrogens (tertiary/aromatic N) is 4. The minimum atomic E-state index is -1.17. The number of hydrogen-bond donors (Lipinski definition) is 0. The van der Waals surface area contributed by atoms with E-state index in [0.717, 1.165) is 22.5 Å². The SMILES string of the molecule is COC(=O)C1C2c3ccccc3OC1(C)N=c1s/c(=C\c3c(C)nn(C)c3C)c(=O)n12. The maximum Gasteiger partial charge on any atom is 0.317 e. The average Bonchev–Trinajstić information content (AvgIpc) is 3.16. The van der Waals surface area contributed by atoms with Gasteiger partial charge in [-0.15, -0.1) is 0 Å². The third-order valence-electron chi connectivity index (χ3n) is 6.18. The summed E-state index contributed by atoms with van der Waals surface area (Å²) in [5.41, 5.74) is 2.14. The van der Waals surface area contributed by atoms with Crippen LogP contribution in [0.5, 0.6) is 5.75 Å². The maximum atomic E-state index is 13.6. The molecule has 160 valence electrons. The van der Waals surface area contributed by atoms with Crippen molar-refractivity contribution in [3.63, 3.8) is 0 Å². The van der Waals surface area contributed by atoms with E-state index in [1.54, 1.807) is 16.2 Å². The summed E-state index contributed by atoms with van der Waals surface area (Å²) in [4.78, 5) is 31.7. The van der Waals surface area contributed by atoms with Crippen LogP contribution in [0.3, 0.4) is 0 Å². The van der Waals surface area contributed by atoms with Gasteiger partial charge in [0.1, 0.15) is 11.7 Å². The van der Waals surface area contributed by atoms with Gasteiger partial charge in [-0.2, -0.15) is 5.10 Å². The van der Waals surface area contributed by atoms with Crippen LogP contribution in [0.25, 0.3) is 6.08 Å². The minimum Gasteiger partial charge on any atom is -0.469 e. The molecule has 5 rings (SSSR count). The van der Waals surface area contributed by atoms with Crippen molar-refractivity contribution in [2.24, 2.45) is 18.0 Å². The Morgan fingerprint density at radius 1 is 1.32 bits per heavy atom. The van der Waals surface area contributed by atoms with Crippen molar-refractivity contribution in [1.82, 2.24) is 14.3 Å². The molecule has 4 heterocycles. The molecule has 8 nitrogen and oxygen atoms in total. The molecule has 0 fully saturated rings. The average molecular weight is 439 g/mol. The fourth-order valence-electron chi connectivity index (χ4n) is 4.56. The lowest BCUT2D eigenvalue weighted by Gasteiger charge is -2.44. The number of carbonyl (C=O) groups excluding carboxylic acids is 1. The Morgan fingerprint density at radius 3 is 2.74 bits per heavy atom. The third kappa shape index (κ3) is 2.72. The Kier molecular flexibility index (Phi) is 4.23. The van der Waals surface area contributed by atoms with Crippen molar-refractivity contribution in [2.45, 2.75) is 32.5 Å². The summed E-state index contributed by atoms with van der Waals surface area (Å²) in [6.07, 6.45) is 1.86. The second-order valence-electron chi connectivity index (χ2n) is 8.03. The van der Waals surface area contributed by atoms with Crippen molar-refractivity contribution in [2.75, 3.05) is 7.11 Å². The summed E-state index contributed by atoms with van der Waals surface area (Å²) < 4.78 is 15.2. The monoisotopic (exact) mass is 438 g/mol. The Morgan fingerprint density at radius 2 is 2.06 bits per heavy atom. The van der Waals surface area contributed by atoms with Crippen LogP contribution < -0.4 is 19.6 Å². The van der Waals surface area contributed by atoms with Crippen molar-refractivity contribution in [1.29, 1.82) is 0 Å². The van der Waals surface area contributed by atoms with Crippen LogP contribution in [0, 0.1) is 19.8 Å². The number of esters is 1. The lowest BCUT2D eigenvalue weighted by atomic mass is 9.81. The van der Waals surface area contributed by atoms with E-state index in [-0.39, 0.29) is 5.56 Å². The van der Waals surface area contributed by atoms with Gasteiger partial charge < -0.3 is 9.47 Å². The van der Waals surface area contributed by atoms with Crippen LogP contribution in [0.4, 0.5) is 0 Å². The van der Waals surface area contributed by atoms with Gasteiger partial charge in [-0.05, 0) is 32.9 Å². The number of aryl methyl sites for hydroxylation is 2. The van der Waals surface area contributed by atoms with Crippen LogP contribution in [0.2, 0.25) is 0 Å². The van der Waals surface area contributed by atoms with Gasteiger partial charge in [0, 0.05) is 23.9 Å². The minimum absolute atomic E-state index is 0.191. The van der Waals surface area contributed by atoms with E-state index in [1.807, 2.05) is 51.2 Å². The molecule has 2 aromatic heterocycles. The first-order valence-corrected chi connectivity index (χ1v) is 10.8. The van der Waals surface area contributed by atoms with Gasteiger partial charge in [0.15, 0.2) is 4.80 Å². The topological polar surface area (TPSA) is 87.7 Å². The van der Waals surface area contributed by atoms with Gasteiger partial charge in [-0.25, -0.2) is 4.99 Å². The standard InChI is InChI=1S/C22H22N4O4S/c1-11-14(12(2)25(4)24-11)10-16-19(27)26-18-13-8-6-7-9-15(13)30-22(3,23-21(26)31-16)17(18)20(28)29-5/h6-10,17-18H,1-5H3/b16-10-. The molecule has 3 atom stereocenters. The summed E-state index contributed by atoms with van der Waals surface area (Å²) in [6, 6.07) is 6.89. The zero-order valence-electron chi connectivity index (χ0n) is 17.9. The molecule has 2 aliphatic rings. The zero-order valence-corrected chi connectivity index (χ0v) is 18.7. The quantitative estimate of drug-likeness (QED) is 0.562. The Labute approximate surface area is 182 Å². The van der Waals surface area contributed by atoms with Gasteiger partial charge in [0.05, 0.1) is 23.4 Å². The highest BCUT2D eigenvalue weighted by molar-refractivity contribution is 7.07. The van der Waals surface area contributed by atoms with Crippen LogP contribution in [0.1, 0.15) is 35.5 Å². The molecule has 0 spiro atoms. The van der Waals surface area contributed by atoms with Crippen LogP contribution in [0.15, 0.2) is 34.1 Å². The van der Waals surface area contributed by atoms with Gasteiger partial charge in [-0.3, -0.25) is 18.8 Å². The summed E-state index contributed by atoms with van der Waals surface area (Å²) in [6.45, 7) is 5.65. The number of thiazole rings is 1. The second kappa shape index (κ2) is 6.65. The molecule has 9 heteroatoms. The van der Waals surface area contributed by atoms with E-state index < -0.39 is 23.7 Å². The first-order chi connectivity index (χ1) is 14.7. The van der Waals surface area contributed by atoms with Gasteiger partial charge in [0.2, 0.25) is 5.72 Å². The van der Waals surface area contributed by atoms with E-state index in [1.165, 1.54) is 18.4 Å². The van der Waals surface area contributed by atoms with Crippen LogP contribution >= 0.6 is 11.3 Å². The number of hydrogen-bond acceptors (Lipinski definition) is 7. The summed E-state index contributed by atoms with van der Waals surface area (Å²) >= 11 is 1.29. The third-order valence-corrected chi connectivity index (χ3v) is 7.16. The molecule has 3 unspecified atom stereocenters. The smallest absolute Gasteiger partial charge is 0.317 e. The van der Waals surface area contributed by atoms with E-state index in [0.29, 0.717) is 15.1 Å². The Balaban J connectivity index is 1.82. The van der Waals surface area contributed by atoms with E-state index in [4.69, 9.17) is 14.5 Å². The number of carbonyl (C=O) groups is 1. The van der Waals surface area contributed by atoms with Crippen LogP contribution in [-0.2, 0) is 16.6 Å². The largest absolute Gasteiger partial charge is 0.469 e. The van der Waals surface area contributed by atoms with Crippen LogP contribution in [-0.4, -0.2) is 33.2 Å². The molecule has 0 aliphatic carbocycles. The molecule has 0 saturated carbocycles.